The lowest BCUT2D eigenvalue weighted by Crippen LogP contribution is -1.97. The molecule has 0 amide bonds. The van der Waals surface area contributed by atoms with E-state index >= 15 is 0 Å². The molecule has 0 fully saturated rings. The summed E-state index contributed by atoms with van der Waals surface area (Å²) in [7, 11) is 0. The van der Waals surface area contributed by atoms with E-state index in [0.717, 1.165) is 11.3 Å². The highest BCUT2D eigenvalue weighted by atomic mass is 14.8. The van der Waals surface area contributed by atoms with Crippen molar-refractivity contribution in [1.82, 2.24) is 0 Å². The molecule has 0 aliphatic heterocycles. The van der Waals surface area contributed by atoms with E-state index in [2.05, 4.69) is 11.9 Å². The number of rotatable bonds is 4. The number of nitriles is 2. The third-order valence-corrected chi connectivity index (χ3v) is 1.98. The van der Waals surface area contributed by atoms with Gasteiger partial charge < -0.3 is 5.32 Å². The van der Waals surface area contributed by atoms with Gasteiger partial charge >= 0.3 is 0 Å². The summed E-state index contributed by atoms with van der Waals surface area (Å²) < 4.78 is 0. The van der Waals surface area contributed by atoms with Gasteiger partial charge in [0, 0.05) is 18.3 Å². The Morgan fingerprint density at radius 3 is 2.50 bits per heavy atom. The first-order chi connectivity index (χ1) is 7.81. The van der Waals surface area contributed by atoms with Gasteiger partial charge in [0.15, 0.2) is 0 Å². The highest BCUT2D eigenvalue weighted by molar-refractivity contribution is 5.78. The Bertz CT molecular complexity index is 469. The van der Waals surface area contributed by atoms with Crippen LogP contribution in [0.5, 0.6) is 0 Å². The van der Waals surface area contributed by atoms with Crippen LogP contribution in [0.4, 0.5) is 5.69 Å². The highest BCUT2D eigenvalue weighted by Crippen LogP contribution is 2.16. The van der Waals surface area contributed by atoms with Gasteiger partial charge in [-0.2, -0.15) is 10.5 Å². The van der Waals surface area contributed by atoms with Crippen LogP contribution in [0.3, 0.4) is 0 Å². The van der Waals surface area contributed by atoms with Gasteiger partial charge in [0.2, 0.25) is 0 Å². The first-order valence-electron chi connectivity index (χ1n) is 4.77. The first-order valence-corrected chi connectivity index (χ1v) is 4.77. The van der Waals surface area contributed by atoms with Crippen molar-refractivity contribution in [3.63, 3.8) is 0 Å². The van der Waals surface area contributed by atoms with Crippen molar-refractivity contribution in [2.45, 2.75) is 0 Å². The molecule has 3 nitrogen and oxygen atoms in total. The van der Waals surface area contributed by atoms with Gasteiger partial charge in [-0.1, -0.05) is 18.2 Å². The zero-order chi connectivity index (χ0) is 11.8. The molecule has 0 aliphatic rings. The number of hydrogen-bond acceptors (Lipinski definition) is 3. The van der Waals surface area contributed by atoms with Gasteiger partial charge in [-0.3, -0.25) is 0 Å². The number of nitrogens with zero attached hydrogens (tertiary/aromatic N) is 2. The van der Waals surface area contributed by atoms with Gasteiger partial charge in [-0.15, -0.1) is 6.58 Å². The Morgan fingerprint density at radius 1 is 1.31 bits per heavy atom. The molecule has 0 radical (unpaired) electrons. The monoisotopic (exact) mass is 209 g/mol. The summed E-state index contributed by atoms with van der Waals surface area (Å²) >= 11 is 0. The molecule has 0 spiro atoms. The second-order valence-electron chi connectivity index (χ2n) is 3.05. The quantitative estimate of drug-likeness (QED) is 0.612. The molecule has 1 rings (SSSR count). The molecule has 78 valence electrons. The summed E-state index contributed by atoms with van der Waals surface area (Å²) in [5.74, 6) is 0. The average molecular weight is 209 g/mol. The van der Waals surface area contributed by atoms with Crippen LogP contribution in [0.2, 0.25) is 0 Å². The van der Waals surface area contributed by atoms with Crippen LogP contribution < -0.4 is 5.32 Å². The summed E-state index contributed by atoms with van der Waals surface area (Å²) in [5.41, 5.74) is 2.07. The van der Waals surface area contributed by atoms with Crippen molar-refractivity contribution in [3.05, 3.63) is 48.6 Å². The van der Waals surface area contributed by atoms with Crippen LogP contribution in [0.1, 0.15) is 5.56 Å². The van der Waals surface area contributed by atoms with Crippen molar-refractivity contribution in [2.24, 2.45) is 0 Å². The number of nitrogens with one attached hydrogen (secondary N) is 1. The van der Waals surface area contributed by atoms with Gasteiger partial charge in [0.1, 0.15) is 6.07 Å². The minimum atomic E-state index is 0.373. The molecular formula is C13H11N3. The van der Waals surface area contributed by atoms with Crippen molar-refractivity contribution in [2.75, 3.05) is 11.9 Å². The molecule has 1 aromatic carbocycles. The Balaban J connectivity index is 2.87. The largest absolute Gasteiger partial charge is 0.382 e. The van der Waals surface area contributed by atoms with E-state index in [0.29, 0.717) is 12.1 Å². The number of hydrogen-bond donors (Lipinski definition) is 1. The fourth-order valence-electron chi connectivity index (χ4n) is 1.20. The lowest BCUT2D eigenvalue weighted by molar-refractivity contribution is 1.34. The molecule has 0 bridgehead atoms. The van der Waals surface area contributed by atoms with E-state index in [1.165, 1.54) is 6.08 Å². The molecule has 0 heterocycles. The minimum absolute atomic E-state index is 0.373. The summed E-state index contributed by atoms with van der Waals surface area (Å²) in [6, 6.07) is 11.2. The third-order valence-electron chi connectivity index (χ3n) is 1.98. The maximum Gasteiger partial charge on any atom is 0.101 e. The van der Waals surface area contributed by atoms with Crippen LogP contribution in [0, 0.1) is 22.7 Å². The van der Waals surface area contributed by atoms with E-state index in [-0.39, 0.29) is 0 Å². The summed E-state index contributed by atoms with van der Waals surface area (Å²) in [4.78, 5) is 0. The molecule has 0 saturated carbocycles. The smallest absolute Gasteiger partial charge is 0.101 e. The lowest BCUT2D eigenvalue weighted by Gasteiger charge is -2.04. The van der Waals surface area contributed by atoms with Crippen molar-refractivity contribution < 1.29 is 0 Å². The fourth-order valence-corrected chi connectivity index (χ4v) is 1.20. The topological polar surface area (TPSA) is 59.6 Å². The second-order valence-corrected chi connectivity index (χ2v) is 3.05. The van der Waals surface area contributed by atoms with Crippen molar-refractivity contribution in [1.29, 1.82) is 10.5 Å². The molecule has 0 saturated heterocycles. The molecule has 0 atom stereocenters. The standard InChI is InChI=1S/C13H11N3/c1-2-9-16-13-5-3-11(4-6-13)12(10-15)7-8-14/h2-7,16H,1,9H2. The van der Waals surface area contributed by atoms with E-state index < -0.39 is 0 Å². The Kier molecular flexibility index (Phi) is 4.37. The van der Waals surface area contributed by atoms with E-state index in [9.17, 15) is 0 Å². The summed E-state index contributed by atoms with van der Waals surface area (Å²) in [5, 5.41) is 20.4. The maximum absolute atomic E-state index is 8.82. The first kappa shape index (κ1) is 11.6. The minimum Gasteiger partial charge on any atom is -0.382 e. The molecule has 0 aliphatic carbocycles. The zero-order valence-electron chi connectivity index (χ0n) is 8.77. The van der Waals surface area contributed by atoms with Crippen LogP contribution in [0.15, 0.2) is 43.0 Å². The Hall–Kier alpha value is -2.52. The molecule has 0 unspecified atom stereocenters. The number of benzene rings is 1. The molecule has 0 aromatic heterocycles. The number of allylic oxidation sites excluding steroid dienone is 2. The molecule has 1 N–H and O–H groups in total. The van der Waals surface area contributed by atoms with Crippen molar-refractivity contribution in [3.8, 4) is 12.1 Å². The Labute approximate surface area is 94.9 Å². The van der Waals surface area contributed by atoms with Crippen LogP contribution in [0.25, 0.3) is 5.57 Å². The highest BCUT2D eigenvalue weighted by Gasteiger charge is 1.99. The SMILES string of the molecule is C=CCNc1ccc(C(C#N)=CC#N)cc1. The third kappa shape index (κ3) is 3.01. The lowest BCUT2D eigenvalue weighted by atomic mass is 10.1. The average Bonchev–Trinajstić information content (AvgIpc) is 2.34. The van der Waals surface area contributed by atoms with Crippen LogP contribution in [-0.4, -0.2) is 6.54 Å². The fraction of sp³-hybridized carbons (Fsp3) is 0.0769. The van der Waals surface area contributed by atoms with E-state index in [1.54, 1.807) is 18.2 Å². The van der Waals surface area contributed by atoms with Crippen LogP contribution in [-0.2, 0) is 0 Å². The molecule has 1 aromatic rings. The maximum atomic E-state index is 8.82. The predicted molar refractivity (Wildman–Crippen MR) is 64.3 cm³/mol. The Morgan fingerprint density at radius 2 is 2.00 bits per heavy atom. The van der Waals surface area contributed by atoms with Crippen molar-refractivity contribution >= 4 is 11.3 Å². The van der Waals surface area contributed by atoms with Gasteiger partial charge in [-0.25, -0.2) is 0 Å². The van der Waals surface area contributed by atoms with Gasteiger partial charge in [-0.05, 0) is 17.7 Å². The van der Waals surface area contributed by atoms with Crippen LogP contribution >= 0.6 is 0 Å². The normalized spacial score (nSPS) is 10.0. The molecule has 16 heavy (non-hydrogen) atoms. The van der Waals surface area contributed by atoms with E-state index in [1.807, 2.05) is 24.3 Å². The second kappa shape index (κ2) is 6.06. The predicted octanol–water partition coefficient (Wildman–Crippen LogP) is 2.72. The molecular weight excluding hydrogens is 198 g/mol. The number of anilines is 1. The molecule has 3 heteroatoms. The van der Waals surface area contributed by atoms with Gasteiger partial charge in [0.05, 0.1) is 11.6 Å². The summed E-state index contributed by atoms with van der Waals surface area (Å²) in [6.07, 6.45) is 3.01. The zero-order valence-corrected chi connectivity index (χ0v) is 8.77. The van der Waals surface area contributed by atoms with Gasteiger partial charge in [0.25, 0.3) is 0 Å². The summed E-state index contributed by atoms with van der Waals surface area (Å²) in [6.45, 7) is 4.30. The van der Waals surface area contributed by atoms with E-state index in [4.69, 9.17) is 10.5 Å².